The summed E-state index contributed by atoms with van der Waals surface area (Å²) in [6, 6.07) is 14.8. The summed E-state index contributed by atoms with van der Waals surface area (Å²) in [4.78, 5) is 6.68. The average Bonchev–Trinajstić information content (AvgIpc) is 3.02. The van der Waals surface area contributed by atoms with Crippen LogP contribution in [0.15, 0.2) is 54.9 Å². The highest BCUT2D eigenvalue weighted by Gasteiger charge is 2.19. The maximum Gasteiger partial charge on any atom is 0.0703 e. The summed E-state index contributed by atoms with van der Waals surface area (Å²) in [6.45, 7) is 3.78. The molecule has 2 aromatic rings. The van der Waals surface area contributed by atoms with Crippen molar-refractivity contribution in [2.24, 2.45) is 0 Å². The number of hydrogen-bond acceptors (Lipinski definition) is 3. The quantitative estimate of drug-likeness (QED) is 0.813. The van der Waals surface area contributed by atoms with Crippen molar-refractivity contribution in [3.63, 3.8) is 0 Å². The van der Waals surface area contributed by atoms with E-state index in [2.05, 4.69) is 46.3 Å². The lowest BCUT2D eigenvalue weighted by Crippen LogP contribution is -2.31. The summed E-state index contributed by atoms with van der Waals surface area (Å²) in [6.07, 6.45) is 6.53. The van der Waals surface area contributed by atoms with Gasteiger partial charge in [-0.05, 0) is 30.0 Å². The number of nitrogens with zero attached hydrogens (tertiary/aromatic N) is 2. The van der Waals surface area contributed by atoms with E-state index >= 15 is 0 Å². The molecule has 3 heteroatoms. The van der Waals surface area contributed by atoms with Gasteiger partial charge < -0.3 is 4.74 Å². The summed E-state index contributed by atoms with van der Waals surface area (Å²) in [5, 5.41) is 0. The third-order valence-electron chi connectivity index (χ3n) is 3.86. The molecular weight excluding hydrogens is 260 g/mol. The lowest BCUT2D eigenvalue weighted by atomic mass is 10.1. The minimum Gasteiger partial charge on any atom is -0.377 e. The standard InChI is InChI=1S/C18H22N2O/c1-2-6-16(7-3-1)13-20(15-18-9-5-11-21-18)14-17-8-4-10-19-12-17/h1-4,6-8,10,12,18H,5,9,11,13-15H2/t18-/m0/s1. The predicted octanol–water partition coefficient (Wildman–Crippen LogP) is 3.26. The van der Waals surface area contributed by atoms with Crippen LogP contribution in [-0.4, -0.2) is 29.1 Å². The van der Waals surface area contributed by atoms with Crippen molar-refractivity contribution in [1.82, 2.24) is 9.88 Å². The van der Waals surface area contributed by atoms with Crippen LogP contribution in [0.3, 0.4) is 0 Å². The fourth-order valence-electron chi connectivity index (χ4n) is 2.85. The summed E-state index contributed by atoms with van der Waals surface area (Å²) < 4.78 is 5.80. The molecule has 110 valence electrons. The smallest absolute Gasteiger partial charge is 0.0703 e. The normalized spacial score (nSPS) is 18.2. The van der Waals surface area contributed by atoms with Gasteiger partial charge in [-0.25, -0.2) is 0 Å². The molecule has 3 rings (SSSR count). The second-order valence-electron chi connectivity index (χ2n) is 5.65. The van der Waals surface area contributed by atoms with Gasteiger partial charge in [0.25, 0.3) is 0 Å². The van der Waals surface area contributed by atoms with E-state index in [0.717, 1.165) is 26.2 Å². The molecular formula is C18H22N2O. The Kier molecular flexibility index (Phi) is 4.98. The molecule has 0 radical (unpaired) electrons. The summed E-state index contributed by atoms with van der Waals surface area (Å²) >= 11 is 0. The van der Waals surface area contributed by atoms with Crippen LogP contribution in [0.1, 0.15) is 24.0 Å². The first-order chi connectivity index (χ1) is 10.4. The van der Waals surface area contributed by atoms with Crippen molar-refractivity contribution < 1.29 is 4.74 Å². The summed E-state index contributed by atoms with van der Waals surface area (Å²) in [7, 11) is 0. The number of aromatic nitrogens is 1. The van der Waals surface area contributed by atoms with E-state index in [1.165, 1.54) is 24.0 Å². The molecule has 0 amide bonds. The van der Waals surface area contributed by atoms with Gasteiger partial charge in [-0.1, -0.05) is 36.4 Å². The van der Waals surface area contributed by atoms with Crippen molar-refractivity contribution in [1.29, 1.82) is 0 Å². The number of rotatable bonds is 6. The Labute approximate surface area is 126 Å². The van der Waals surface area contributed by atoms with Crippen LogP contribution < -0.4 is 0 Å². The second kappa shape index (κ2) is 7.34. The minimum absolute atomic E-state index is 0.380. The number of benzene rings is 1. The highest BCUT2D eigenvalue weighted by Crippen LogP contribution is 2.17. The highest BCUT2D eigenvalue weighted by molar-refractivity contribution is 5.15. The zero-order chi connectivity index (χ0) is 14.3. The van der Waals surface area contributed by atoms with Crippen LogP contribution in [-0.2, 0) is 17.8 Å². The SMILES string of the molecule is c1ccc(CN(Cc2cccnc2)C[C@@H]2CCCO2)cc1. The molecule has 0 bridgehead atoms. The Balaban J connectivity index is 1.67. The molecule has 3 nitrogen and oxygen atoms in total. The van der Waals surface area contributed by atoms with Gasteiger partial charge in [0.2, 0.25) is 0 Å². The van der Waals surface area contributed by atoms with Crippen LogP contribution in [0.25, 0.3) is 0 Å². The fraction of sp³-hybridized carbons (Fsp3) is 0.389. The molecule has 21 heavy (non-hydrogen) atoms. The van der Waals surface area contributed by atoms with Gasteiger partial charge in [0.1, 0.15) is 0 Å². The average molecular weight is 282 g/mol. The first-order valence-corrected chi connectivity index (χ1v) is 7.67. The fourth-order valence-corrected chi connectivity index (χ4v) is 2.85. The zero-order valence-corrected chi connectivity index (χ0v) is 12.3. The number of hydrogen-bond donors (Lipinski definition) is 0. The molecule has 0 spiro atoms. The van der Waals surface area contributed by atoms with Crippen molar-refractivity contribution in [3.8, 4) is 0 Å². The van der Waals surface area contributed by atoms with Crippen LogP contribution in [0.2, 0.25) is 0 Å². The molecule has 1 aliphatic rings. The Hall–Kier alpha value is -1.71. The molecule has 1 fully saturated rings. The minimum atomic E-state index is 0.380. The molecule has 1 aromatic heterocycles. The van der Waals surface area contributed by atoms with Crippen molar-refractivity contribution in [2.45, 2.75) is 32.0 Å². The van der Waals surface area contributed by atoms with Gasteiger partial charge in [-0.3, -0.25) is 9.88 Å². The van der Waals surface area contributed by atoms with Gasteiger partial charge in [0.15, 0.2) is 0 Å². The zero-order valence-electron chi connectivity index (χ0n) is 12.3. The highest BCUT2D eigenvalue weighted by atomic mass is 16.5. The van der Waals surface area contributed by atoms with E-state index in [4.69, 9.17) is 4.74 Å². The van der Waals surface area contributed by atoms with E-state index in [0.29, 0.717) is 6.10 Å². The van der Waals surface area contributed by atoms with Crippen LogP contribution in [0.4, 0.5) is 0 Å². The summed E-state index contributed by atoms with van der Waals surface area (Å²) in [5.41, 5.74) is 2.60. The molecule has 0 aliphatic carbocycles. The molecule has 0 N–H and O–H groups in total. The topological polar surface area (TPSA) is 25.4 Å². The van der Waals surface area contributed by atoms with E-state index in [1.54, 1.807) is 0 Å². The van der Waals surface area contributed by atoms with Gasteiger partial charge in [-0.2, -0.15) is 0 Å². The molecule has 1 aromatic carbocycles. The predicted molar refractivity (Wildman–Crippen MR) is 83.8 cm³/mol. The van der Waals surface area contributed by atoms with Crippen LogP contribution in [0.5, 0.6) is 0 Å². The second-order valence-corrected chi connectivity index (χ2v) is 5.65. The van der Waals surface area contributed by atoms with Crippen molar-refractivity contribution in [3.05, 3.63) is 66.0 Å². The van der Waals surface area contributed by atoms with E-state index in [9.17, 15) is 0 Å². The third kappa shape index (κ3) is 4.38. The largest absolute Gasteiger partial charge is 0.377 e. The molecule has 2 heterocycles. The van der Waals surface area contributed by atoms with Crippen molar-refractivity contribution in [2.75, 3.05) is 13.2 Å². The first kappa shape index (κ1) is 14.2. The lowest BCUT2D eigenvalue weighted by molar-refractivity contribution is 0.0679. The molecule has 1 saturated heterocycles. The molecule has 0 unspecified atom stereocenters. The number of pyridine rings is 1. The Morgan fingerprint density at radius 3 is 2.57 bits per heavy atom. The number of ether oxygens (including phenoxy) is 1. The van der Waals surface area contributed by atoms with Gasteiger partial charge in [0.05, 0.1) is 6.10 Å². The monoisotopic (exact) mass is 282 g/mol. The van der Waals surface area contributed by atoms with E-state index < -0.39 is 0 Å². The van der Waals surface area contributed by atoms with Gasteiger partial charge in [-0.15, -0.1) is 0 Å². The lowest BCUT2D eigenvalue weighted by Gasteiger charge is -2.25. The molecule has 1 aliphatic heterocycles. The Morgan fingerprint density at radius 2 is 1.86 bits per heavy atom. The Morgan fingerprint density at radius 1 is 1.05 bits per heavy atom. The van der Waals surface area contributed by atoms with Gasteiger partial charge >= 0.3 is 0 Å². The Bertz CT molecular complexity index is 482. The first-order valence-electron chi connectivity index (χ1n) is 7.67. The van der Waals surface area contributed by atoms with Crippen LogP contribution in [0, 0.1) is 0 Å². The third-order valence-corrected chi connectivity index (χ3v) is 3.86. The summed E-state index contributed by atoms with van der Waals surface area (Å²) in [5.74, 6) is 0. The maximum absolute atomic E-state index is 5.80. The van der Waals surface area contributed by atoms with Gasteiger partial charge in [0, 0.05) is 38.6 Å². The van der Waals surface area contributed by atoms with Crippen molar-refractivity contribution >= 4 is 0 Å². The van der Waals surface area contributed by atoms with Crippen LogP contribution >= 0.6 is 0 Å². The maximum atomic E-state index is 5.80. The van der Waals surface area contributed by atoms with E-state index in [-0.39, 0.29) is 0 Å². The van der Waals surface area contributed by atoms with E-state index in [1.807, 2.05) is 18.5 Å². The molecule has 1 atom stereocenters. The molecule has 0 saturated carbocycles.